The minimum Gasteiger partial charge on any atom is -0.497 e. The number of nitrogens with zero attached hydrogens (tertiary/aromatic N) is 1. The average Bonchev–Trinajstić information content (AvgIpc) is 2.72. The van der Waals surface area contributed by atoms with E-state index in [1.165, 1.54) is 0 Å². The number of nitrogens with one attached hydrogen (secondary N) is 1. The van der Waals surface area contributed by atoms with Crippen molar-refractivity contribution in [1.82, 2.24) is 5.32 Å². The van der Waals surface area contributed by atoms with Crippen molar-refractivity contribution in [3.8, 4) is 5.75 Å². The molecule has 0 aliphatic carbocycles. The first-order chi connectivity index (χ1) is 13.2. The minimum atomic E-state index is -0.883. The van der Waals surface area contributed by atoms with E-state index in [4.69, 9.17) is 4.74 Å². The Morgan fingerprint density at radius 3 is 1.96 bits per heavy atom. The smallest absolute Gasteiger partial charge is 0.257 e. The van der Waals surface area contributed by atoms with Crippen LogP contribution in [0.4, 0.5) is 0 Å². The lowest BCUT2D eigenvalue weighted by Crippen LogP contribution is -2.31. The largest absolute Gasteiger partial charge is 0.497 e. The maximum absolute atomic E-state index is 12.0. The number of nitro groups is 1. The lowest BCUT2D eigenvalue weighted by molar-refractivity contribution is -0.535. The molecule has 5 heteroatoms. The molecule has 0 bridgehead atoms. The molecule has 0 fully saturated rings. The van der Waals surface area contributed by atoms with Gasteiger partial charge in [-0.1, -0.05) is 72.8 Å². The summed E-state index contributed by atoms with van der Waals surface area (Å²) in [6.45, 7) is 0.515. The number of hydrogen-bond donors (Lipinski definition) is 1. The Labute approximate surface area is 158 Å². The van der Waals surface area contributed by atoms with Crippen molar-refractivity contribution in [2.24, 2.45) is 0 Å². The predicted octanol–water partition coefficient (Wildman–Crippen LogP) is 4.54. The number of hydrogen-bond acceptors (Lipinski definition) is 4. The number of methoxy groups -OCH3 is 1. The van der Waals surface area contributed by atoms with E-state index >= 15 is 0 Å². The second-order valence-electron chi connectivity index (χ2n) is 6.26. The molecule has 138 valence electrons. The zero-order valence-corrected chi connectivity index (χ0v) is 15.1. The lowest BCUT2D eigenvalue weighted by Gasteiger charge is -2.23. The van der Waals surface area contributed by atoms with Gasteiger partial charge in [-0.15, -0.1) is 0 Å². The Morgan fingerprint density at radius 1 is 0.889 bits per heavy atom. The van der Waals surface area contributed by atoms with Gasteiger partial charge in [0, 0.05) is 17.0 Å². The number of benzene rings is 3. The van der Waals surface area contributed by atoms with Crippen molar-refractivity contribution >= 4 is 0 Å². The summed E-state index contributed by atoms with van der Waals surface area (Å²) in [7, 11) is 1.63. The van der Waals surface area contributed by atoms with Crippen LogP contribution in [0.15, 0.2) is 84.9 Å². The van der Waals surface area contributed by atoms with Crippen molar-refractivity contribution in [1.29, 1.82) is 0 Å². The fourth-order valence-corrected chi connectivity index (χ4v) is 3.13. The van der Waals surface area contributed by atoms with Crippen LogP contribution >= 0.6 is 0 Å². The second-order valence-corrected chi connectivity index (χ2v) is 6.26. The molecule has 0 unspecified atom stereocenters. The molecular formula is C22H22N2O3. The summed E-state index contributed by atoms with van der Waals surface area (Å²) < 4.78 is 5.18. The Kier molecular flexibility index (Phi) is 6.18. The third-order valence-electron chi connectivity index (χ3n) is 4.53. The molecule has 0 saturated carbocycles. The normalized spacial score (nSPS) is 12.9. The van der Waals surface area contributed by atoms with Crippen molar-refractivity contribution in [3.05, 3.63) is 112 Å². The molecule has 0 spiro atoms. The minimum absolute atomic E-state index is 0.214. The van der Waals surface area contributed by atoms with Crippen molar-refractivity contribution in [3.63, 3.8) is 0 Å². The maximum Gasteiger partial charge on any atom is 0.257 e. The van der Waals surface area contributed by atoms with Crippen LogP contribution in [0.1, 0.15) is 28.8 Å². The van der Waals surface area contributed by atoms with Gasteiger partial charge in [-0.25, -0.2) is 0 Å². The fourth-order valence-electron chi connectivity index (χ4n) is 3.13. The highest BCUT2D eigenvalue weighted by atomic mass is 16.6. The third kappa shape index (κ3) is 4.71. The lowest BCUT2D eigenvalue weighted by atomic mass is 9.93. The monoisotopic (exact) mass is 362 g/mol. The van der Waals surface area contributed by atoms with Gasteiger partial charge < -0.3 is 4.74 Å². The predicted molar refractivity (Wildman–Crippen MR) is 105 cm³/mol. The van der Waals surface area contributed by atoms with Crippen molar-refractivity contribution < 1.29 is 9.66 Å². The molecule has 3 aromatic carbocycles. The topological polar surface area (TPSA) is 64.4 Å². The highest BCUT2D eigenvalue weighted by Gasteiger charge is 2.34. The molecule has 27 heavy (non-hydrogen) atoms. The van der Waals surface area contributed by atoms with Gasteiger partial charge in [0.05, 0.1) is 7.11 Å². The molecule has 0 aliphatic rings. The summed E-state index contributed by atoms with van der Waals surface area (Å²) in [6.07, 6.45) is 0. The fraction of sp³-hybridized carbons (Fsp3) is 0.182. The van der Waals surface area contributed by atoms with Gasteiger partial charge in [-0.05, 0) is 23.3 Å². The van der Waals surface area contributed by atoms with Crippen LogP contribution in [-0.4, -0.2) is 12.0 Å². The SMILES string of the molecule is COc1ccc(CN[C@@H](c2ccccc2)[C@H](c2ccccc2)[N+](=O)[O-])cc1. The standard InChI is InChI=1S/C22H22N2O3/c1-27-20-14-12-17(13-15-20)16-23-21(18-8-4-2-5-9-18)22(24(25)26)19-10-6-3-7-11-19/h2-15,21-23H,16H2,1H3/t21-,22-/m0/s1. The Bertz CT molecular complexity index is 852. The van der Waals surface area contributed by atoms with E-state index in [-0.39, 0.29) is 4.92 Å². The first-order valence-corrected chi connectivity index (χ1v) is 8.78. The van der Waals surface area contributed by atoms with E-state index in [0.29, 0.717) is 12.1 Å². The summed E-state index contributed by atoms with van der Waals surface area (Å²) in [4.78, 5) is 11.7. The molecule has 3 rings (SSSR count). The van der Waals surface area contributed by atoms with Crippen molar-refractivity contribution in [2.45, 2.75) is 18.6 Å². The van der Waals surface area contributed by atoms with Crippen LogP contribution in [0.25, 0.3) is 0 Å². The second kappa shape index (κ2) is 8.96. The molecule has 2 atom stereocenters. The summed E-state index contributed by atoms with van der Waals surface area (Å²) >= 11 is 0. The van der Waals surface area contributed by atoms with Crippen molar-refractivity contribution in [2.75, 3.05) is 7.11 Å². The number of ether oxygens (including phenoxy) is 1. The van der Waals surface area contributed by atoms with Crippen LogP contribution in [0.3, 0.4) is 0 Å². The van der Waals surface area contributed by atoms with E-state index in [0.717, 1.165) is 16.9 Å². The van der Waals surface area contributed by atoms with Gasteiger partial charge >= 0.3 is 0 Å². The molecule has 0 heterocycles. The Morgan fingerprint density at radius 2 is 1.44 bits per heavy atom. The Hall–Kier alpha value is -3.18. The first-order valence-electron chi connectivity index (χ1n) is 8.78. The highest BCUT2D eigenvalue weighted by Crippen LogP contribution is 2.32. The van der Waals surface area contributed by atoms with Crippen LogP contribution in [0.2, 0.25) is 0 Å². The molecule has 1 N–H and O–H groups in total. The summed E-state index contributed by atoms with van der Waals surface area (Å²) in [5.74, 6) is 0.783. The van der Waals surface area contributed by atoms with Gasteiger partial charge in [0.1, 0.15) is 11.8 Å². The van der Waals surface area contributed by atoms with E-state index in [1.54, 1.807) is 19.2 Å². The quantitative estimate of drug-likeness (QED) is 0.472. The Balaban J connectivity index is 1.89. The van der Waals surface area contributed by atoms with Gasteiger partial charge in [-0.2, -0.15) is 0 Å². The van der Waals surface area contributed by atoms with Gasteiger partial charge in [-0.3, -0.25) is 15.4 Å². The molecular weight excluding hydrogens is 340 g/mol. The average molecular weight is 362 g/mol. The van der Waals surface area contributed by atoms with E-state index in [2.05, 4.69) is 5.32 Å². The van der Waals surface area contributed by atoms with E-state index in [1.807, 2.05) is 72.8 Å². The first kappa shape index (κ1) is 18.6. The molecule has 3 aromatic rings. The van der Waals surface area contributed by atoms with Crippen LogP contribution in [0.5, 0.6) is 5.75 Å². The molecule has 0 radical (unpaired) electrons. The maximum atomic E-state index is 12.0. The van der Waals surface area contributed by atoms with Gasteiger partial charge in [0.25, 0.3) is 6.04 Å². The summed E-state index contributed by atoms with van der Waals surface area (Å²) in [6, 6.07) is 25.0. The van der Waals surface area contributed by atoms with Gasteiger partial charge in [0.2, 0.25) is 0 Å². The molecule has 0 aliphatic heterocycles. The molecule has 0 aromatic heterocycles. The van der Waals surface area contributed by atoms with E-state index in [9.17, 15) is 10.1 Å². The summed E-state index contributed by atoms with van der Waals surface area (Å²) in [5.41, 5.74) is 2.60. The molecule has 0 saturated heterocycles. The highest BCUT2D eigenvalue weighted by molar-refractivity contribution is 5.29. The number of rotatable bonds is 8. The van der Waals surface area contributed by atoms with Gasteiger partial charge in [0.15, 0.2) is 0 Å². The molecule has 0 amide bonds. The van der Waals surface area contributed by atoms with Crippen LogP contribution < -0.4 is 10.1 Å². The van der Waals surface area contributed by atoms with Crippen LogP contribution in [0, 0.1) is 10.1 Å². The van der Waals surface area contributed by atoms with E-state index < -0.39 is 12.1 Å². The molecule has 5 nitrogen and oxygen atoms in total. The summed E-state index contributed by atoms with van der Waals surface area (Å²) in [5, 5.41) is 15.3. The third-order valence-corrected chi connectivity index (χ3v) is 4.53. The zero-order valence-electron chi connectivity index (χ0n) is 15.1. The van der Waals surface area contributed by atoms with Crippen LogP contribution in [-0.2, 0) is 6.54 Å². The zero-order chi connectivity index (χ0) is 19.1.